The van der Waals surface area contributed by atoms with Crippen LogP contribution in [0.15, 0.2) is 18.2 Å². The summed E-state index contributed by atoms with van der Waals surface area (Å²) < 4.78 is 5.02. The number of carbonyl (C=O) groups excluding carboxylic acids is 2. The topological polar surface area (TPSA) is 67.4 Å². The summed E-state index contributed by atoms with van der Waals surface area (Å²) >= 11 is 1.59. The van der Waals surface area contributed by atoms with Crippen molar-refractivity contribution in [1.82, 2.24) is 0 Å². The minimum Gasteiger partial charge on any atom is -0.481 e. The van der Waals surface area contributed by atoms with Gasteiger partial charge in [0, 0.05) is 0 Å². The largest absolute Gasteiger partial charge is 0.481 e. The zero-order valence-electron chi connectivity index (χ0n) is 11.2. The minimum absolute atomic E-state index is 0.00414. The first kappa shape index (κ1) is 13.3. The Labute approximate surface area is 121 Å². The first-order chi connectivity index (χ1) is 9.64. The summed E-state index contributed by atoms with van der Waals surface area (Å²) in [5.74, 6) is 0.390. The van der Waals surface area contributed by atoms with Gasteiger partial charge >= 0.3 is 0 Å². The highest BCUT2D eigenvalue weighted by Crippen LogP contribution is 2.44. The molecule has 1 aliphatic heterocycles. The zero-order valence-corrected chi connectivity index (χ0v) is 12.0. The Balaban J connectivity index is 1.84. The number of fused-ring (bicyclic) bond motifs is 1. The quantitative estimate of drug-likeness (QED) is 0.896. The molecule has 0 atom stereocenters. The molecule has 106 valence electrons. The van der Waals surface area contributed by atoms with E-state index in [4.69, 9.17) is 4.74 Å². The number of hydrogen-bond donors (Lipinski definition) is 2. The molecule has 2 amide bonds. The SMILES string of the molecule is CSC1(C(=O)Nc2cccc3c2NC(=O)CO3)CCC1. The van der Waals surface area contributed by atoms with E-state index in [1.54, 1.807) is 30.0 Å². The molecule has 6 heteroatoms. The summed E-state index contributed by atoms with van der Waals surface area (Å²) in [6.45, 7) is 0.0130. The first-order valence-corrected chi connectivity index (χ1v) is 7.79. The van der Waals surface area contributed by atoms with Crippen LogP contribution in [0.1, 0.15) is 19.3 Å². The van der Waals surface area contributed by atoms with Gasteiger partial charge in [-0.1, -0.05) is 6.07 Å². The van der Waals surface area contributed by atoms with Gasteiger partial charge in [-0.25, -0.2) is 0 Å². The number of anilines is 2. The number of benzene rings is 1. The molecule has 1 fully saturated rings. The number of thioether (sulfide) groups is 1. The summed E-state index contributed by atoms with van der Waals surface area (Å²) in [4.78, 5) is 23.9. The van der Waals surface area contributed by atoms with E-state index < -0.39 is 0 Å². The molecular weight excluding hydrogens is 276 g/mol. The monoisotopic (exact) mass is 292 g/mol. The van der Waals surface area contributed by atoms with E-state index in [-0.39, 0.29) is 23.2 Å². The molecule has 3 rings (SSSR count). The standard InChI is InChI=1S/C14H16N2O3S/c1-20-14(6-3-7-14)13(18)15-9-4-2-5-10-12(9)16-11(17)8-19-10/h2,4-5H,3,6-8H2,1H3,(H,15,18)(H,16,17). The summed E-state index contributed by atoms with van der Waals surface area (Å²) in [6.07, 6.45) is 4.85. The molecule has 1 saturated carbocycles. The number of ether oxygens (including phenoxy) is 1. The van der Waals surface area contributed by atoms with Gasteiger partial charge in [-0.15, -0.1) is 11.8 Å². The number of nitrogens with one attached hydrogen (secondary N) is 2. The Kier molecular flexibility index (Phi) is 3.33. The first-order valence-electron chi connectivity index (χ1n) is 6.57. The van der Waals surface area contributed by atoms with Crippen molar-refractivity contribution in [3.8, 4) is 5.75 Å². The maximum Gasteiger partial charge on any atom is 0.262 e. The number of para-hydroxylation sites is 1. The molecule has 20 heavy (non-hydrogen) atoms. The van der Waals surface area contributed by atoms with Gasteiger partial charge in [0.25, 0.3) is 5.91 Å². The van der Waals surface area contributed by atoms with E-state index in [9.17, 15) is 9.59 Å². The van der Waals surface area contributed by atoms with Crippen molar-refractivity contribution in [1.29, 1.82) is 0 Å². The van der Waals surface area contributed by atoms with Gasteiger partial charge in [0.1, 0.15) is 11.4 Å². The molecule has 1 aliphatic carbocycles. The average Bonchev–Trinajstić information content (AvgIpc) is 2.39. The second kappa shape index (κ2) is 5.01. The maximum atomic E-state index is 12.4. The Bertz CT molecular complexity index is 564. The number of rotatable bonds is 3. The smallest absolute Gasteiger partial charge is 0.262 e. The van der Waals surface area contributed by atoms with Crippen molar-refractivity contribution in [2.45, 2.75) is 24.0 Å². The van der Waals surface area contributed by atoms with Gasteiger partial charge in [-0.05, 0) is 37.7 Å². The van der Waals surface area contributed by atoms with Gasteiger partial charge in [-0.2, -0.15) is 0 Å². The van der Waals surface area contributed by atoms with Crippen molar-refractivity contribution in [2.75, 3.05) is 23.5 Å². The van der Waals surface area contributed by atoms with Gasteiger partial charge in [0.15, 0.2) is 6.61 Å². The Morgan fingerprint density at radius 1 is 1.45 bits per heavy atom. The highest BCUT2D eigenvalue weighted by atomic mass is 32.2. The van der Waals surface area contributed by atoms with Gasteiger partial charge < -0.3 is 15.4 Å². The van der Waals surface area contributed by atoms with Crippen molar-refractivity contribution in [3.05, 3.63) is 18.2 Å². The van der Waals surface area contributed by atoms with E-state index in [1.807, 2.05) is 6.26 Å². The van der Waals surface area contributed by atoms with Gasteiger partial charge in [0.05, 0.1) is 10.4 Å². The van der Waals surface area contributed by atoms with Crippen LogP contribution in [-0.4, -0.2) is 29.4 Å². The lowest BCUT2D eigenvalue weighted by Crippen LogP contribution is -2.45. The normalized spacial score (nSPS) is 19.1. The molecule has 1 heterocycles. The Morgan fingerprint density at radius 2 is 2.25 bits per heavy atom. The van der Waals surface area contributed by atoms with E-state index in [2.05, 4.69) is 10.6 Å². The molecule has 0 unspecified atom stereocenters. The maximum absolute atomic E-state index is 12.4. The summed E-state index contributed by atoms with van der Waals surface area (Å²) in [5, 5.41) is 5.68. The molecule has 1 aromatic carbocycles. The predicted molar refractivity (Wildman–Crippen MR) is 79.3 cm³/mol. The zero-order chi connectivity index (χ0) is 14.2. The molecule has 0 bridgehead atoms. The molecule has 2 N–H and O–H groups in total. The van der Waals surface area contributed by atoms with Gasteiger partial charge in [-0.3, -0.25) is 9.59 Å². The summed E-state index contributed by atoms with van der Waals surface area (Å²) in [6, 6.07) is 5.36. The highest BCUT2D eigenvalue weighted by molar-refractivity contribution is 8.00. The minimum atomic E-state index is -0.317. The molecule has 0 saturated heterocycles. The van der Waals surface area contributed by atoms with Crippen LogP contribution in [0.5, 0.6) is 5.75 Å². The molecule has 5 nitrogen and oxygen atoms in total. The van der Waals surface area contributed by atoms with E-state index in [1.165, 1.54) is 0 Å². The van der Waals surface area contributed by atoms with Crippen molar-refractivity contribution in [2.24, 2.45) is 0 Å². The summed E-state index contributed by atoms with van der Waals surface area (Å²) in [7, 11) is 0. The molecular formula is C14H16N2O3S. The fraction of sp³-hybridized carbons (Fsp3) is 0.429. The Morgan fingerprint density at radius 3 is 2.90 bits per heavy atom. The lowest BCUT2D eigenvalue weighted by atomic mass is 9.83. The van der Waals surface area contributed by atoms with Crippen LogP contribution in [0.4, 0.5) is 11.4 Å². The Hall–Kier alpha value is -1.69. The second-order valence-corrected chi connectivity index (χ2v) is 6.21. The van der Waals surface area contributed by atoms with Crippen molar-refractivity contribution >= 4 is 35.0 Å². The fourth-order valence-electron chi connectivity index (χ4n) is 2.46. The van der Waals surface area contributed by atoms with Crippen LogP contribution in [0.2, 0.25) is 0 Å². The van der Waals surface area contributed by atoms with E-state index in [0.717, 1.165) is 19.3 Å². The average molecular weight is 292 g/mol. The van der Waals surface area contributed by atoms with Crippen LogP contribution >= 0.6 is 11.8 Å². The van der Waals surface area contributed by atoms with Crippen LogP contribution in [0.3, 0.4) is 0 Å². The summed E-state index contributed by atoms with van der Waals surface area (Å²) in [5.41, 5.74) is 1.15. The molecule has 0 aromatic heterocycles. The lowest BCUT2D eigenvalue weighted by molar-refractivity contribution is -0.120. The third-order valence-electron chi connectivity index (χ3n) is 3.86. The fourth-order valence-corrected chi connectivity index (χ4v) is 3.39. The van der Waals surface area contributed by atoms with Crippen molar-refractivity contribution < 1.29 is 14.3 Å². The van der Waals surface area contributed by atoms with Crippen LogP contribution < -0.4 is 15.4 Å². The van der Waals surface area contributed by atoms with Crippen LogP contribution in [0, 0.1) is 0 Å². The third-order valence-corrected chi connectivity index (χ3v) is 5.24. The van der Waals surface area contributed by atoms with Gasteiger partial charge in [0.2, 0.25) is 5.91 Å². The second-order valence-electron chi connectivity index (χ2n) is 5.02. The molecule has 1 aromatic rings. The third kappa shape index (κ3) is 2.14. The molecule has 0 radical (unpaired) electrons. The van der Waals surface area contributed by atoms with E-state index in [0.29, 0.717) is 17.1 Å². The van der Waals surface area contributed by atoms with E-state index >= 15 is 0 Å². The predicted octanol–water partition coefficient (Wildman–Crippen LogP) is 2.24. The number of carbonyl (C=O) groups is 2. The lowest BCUT2D eigenvalue weighted by Gasteiger charge is -2.38. The molecule has 2 aliphatic rings. The van der Waals surface area contributed by atoms with Crippen LogP contribution in [0.25, 0.3) is 0 Å². The number of hydrogen-bond acceptors (Lipinski definition) is 4. The highest BCUT2D eigenvalue weighted by Gasteiger charge is 2.43. The number of amides is 2. The van der Waals surface area contributed by atoms with Crippen LogP contribution in [-0.2, 0) is 9.59 Å². The molecule has 0 spiro atoms. The van der Waals surface area contributed by atoms with Crippen molar-refractivity contribution in [3.63, 3.8) is 0 Å².